The molecule has 2 aromatic carbocycles. The molecule has 1 atom stereocenters. The molecule has 3 aromatic heterocycles. The molecule has 3 heterocycles. The third-order valence-electron chi connectivity index (χ3n) is 7.16. The van der Waals surface area contributed by atoms with E-state index < -0.39 is 11.7 Å². The number of aryl methyl sites for hydroxylation is 1. The topological polar surface area (TPSA) is 145 Å². The molecule has 5 rings (SSSR count). The Morgan fingerprint density at radius 3 is 2.70 bits per heavy atom. The molecule has 0 bridgehead atoms. The lowest BCUT2D eigenvalue weighted by atomic mass is 10.0. The van der Waals surface area contributed by atoms with E-state index in [1.165, 1.54) is 11.3 Å². The highest BCUT2D eigenvalue weighted by Gasteiger charge is 2.22. The summed E-state index contributed by atoms with van der Waals surface area (Å²) in [7, 11) is 1.71. The van der Waals surface area contributed by atoms with E-state index >= 15 is 0 Å². The first-order chi connectivity index (χ1) is 22.5. The van der Waals surface area contributed by atoms with Crippen LogP contribution < -0.4 is 15.4 Å². The van der Waals surface area contributed by atoms with Gasteiger partial charge in [-0.25, -0.2) is 14.8 Å². The number of hydrogen-bond donors (Lipinski definition) is 2. The van der Waals surface area contributed by atoms with Crippen LogP contribution in [-0.4, -0.2) is 68.9 Å². The first-order valence-corrected chi connectivity index (χ1v) is 16.5. The molecule has 13 heteroatoms. The van der Waals surface area contributed by atoms with Gasteiger partial charge in [0.2, 0.25) is 17.6 Å². The van der Waals surface area contributed by atoms with Crippen molar-refractivity contribution < 1.29 is 23.6 Å². The van der Waals surface area contributed by atoms with Crippen molar-refractivity contribution in [2.24, 2.45) is 0 Å². The maximum Gasteiger partial charge on any atom is 0.410 e. The van der Waals surface area contributed by atoms with Crippen LogP contribution in [0.2, 0.25) is 0 Å². The van der Waals surface area contributed by atoms with Gasteiger partial charge in [-0.15, -0.1) is 0 Å². The van der Waals surface area contributed by atoms with Gasteiger partial charge >= 0.3 is 6.09 Å². The number of fused-ring (bicyclic) bond motifs is 2. The molecular weight excluding hydrogens is 618 g/mol. The Bertz CT molecular complexity index is 1850. The summed E-state index contributed by atoms with van der Waals surface area (Å²) in [6.45, 7) is 10.4. The normalized spacial score (nSPS) is 12.2. The molecular formula is C34H41N7O5S. The molecule has 0 aliphatic heterocycles. The highest BCUT2D eigenvalue weighted by atomic mass is 32.1. The smallest absolute Gasteiger partial charge is 0.410 e. The fourth-order valence-corrected chi connectivity index (χ4v) is 5.91. The summed E-state index contributed by atoms with van der Waals surface area (Å²) < 4.78 is 17.5. The Labute approximate surface area is 277 Å². The zero-order chi connectivity index (χ0) is 33.6. The molecule has 2 amide bonds. The zero-order valence-corrected chi connectivity index (χ0v) is 28.4. The Morgan fingerprint density at radius 1 is 1.13 bits per heavy atom. The fraction of sp³-hybridized carbons (Fsp3) is 0.412. The molecule has 0 radical (unpaired) electrons. The van der Waals surface area contributed by atoms with Crippen molar-refractivity contribution in [3.8, 4) is 17.1 Å². The van der Waals surface area contributed by atoms with E-state index in [2.05, 4.69) is 37.7 Å². The van der Waals surface area contributed by atoms with Gasteiger partial charge in [0.05, 0.1) is 16.8 Å². The average Bonchev–Trinajstić information content (AvgIpc) is 3.64. The molecule has 12 nitrogen and oxygen atoms in total. The van der Waals surface area contributed by atoms with Crippen molar-refractivity contribution in [2.75, 3.05) is 30.8 Å². The number of ether oxygens (including phenoxy) is 2. The summed E-state index contributed by atoms with van der Waals surface area (Å²) in [5.74, 6) is 2.15. The minimum Gasteiger partial charge on any atom is -0.492 e. The number of anilines is 2. The minimum absolute atomic E-state index is 0.146. The molecule has 2 N–H and O–H groups in total. The Kier molecular flexibility index (Phi) is 10.5. The van der Waals surface area contributed by atoms with Crippen LogP contribution >= 0.6 is 11.3 Å². The monoisotopic (exact) mass is 659 g/mol. The van der Waals surface area contributed by atoms with Crippen molar-refractivity contribution >= 4 is 55.3 Å². The number of thiazole rings is 1. The van der Waals surface area contributed by atoms with Gasteiger partial charge in [0, 0.05) is 50.1 Å². The van der Waals surface area contributed by atoms with Gasteiger partial charge in [0.1, 0.15) is 17.2 Å². The van der Waals surface area contributed by atoms with E-state index in [1.54, 1.807) is 25.1 Å². The quantitative estimate of drug-likeness (QED) is 0.131. The molecule has 0 fully saturated rings. The Morgan fingerprint density at radius 2 is 1.96 bits per heavy atom. The average molecular weight is 660 g/mol. The summed E-state index contributed by atoms with van der Waals surface area (Å²) in [6, 6.07) is 13.2. The van der Waals surface area contributed by atoms with Crippen LogP contribution in [0, 0.1) is 6.92 Å². The Balaban J connectivity index is 1.34. The maximum absolute atomic E-state index is 13.5. The number of hydrogen-bond acceptors (Lipinski definition) is 11. The third-order valence-corrected chi connectivity index (χ3v) is 8.16. The fourth-order valence-electron chi connectivity index (χ4n) is 4.96. The van der Waals surface area contributed by atoms with Gasteiger partial charge in [-0.1, -0.05) is 41.6 Å². The highest BCUT2D eigenvalue weighted by Crippen LogP contribution is 2.34. The van der Waals surface area contributed by atoms with E-state index in [0.717, 1.165) is 38.7 Å². The van der Waals surface area contributed by atoms with Crippen molar-refractivity contribution in [3.05, 3.63) is 54.6 Å². The van der Waals surface area contributed by atoms with Gasteiger partial charge < -0.3 is 29.5 Å². The van der Waals surface area contributed by atoms with Gasteiger partial charge in [0.15, 0.2) is 5.13 Å². The summed E-state index contributed by atoms with van der Waals surface area (Å²) in [4.78, 5) is 41.2. The number of aromatic nitrogens is 4. The molecule has 0 spiro atoms. The van der Waals surface area contributed by atoms with Crippen LogP contribution in [0.5, 0.6) is 5.75 Å². The number of benzene rings is 2. The van der Waals surface area contributed by atoms with E-state index in [4.69, 9.17) is 14.0 Å². The molecule has 0 saturated heterocycles. The van der Waals surface area contributed by atoms with Crippen molar-refractivity contribution in [3.63, 3.8) is 0 Å². The number of carbonyl (C=O) groups is 2. The van der Waals surface area contributed by atoms with Crippen molar-refractivity contribution in [1.29, 1.82) is 0 Å². The number of amides is 2. The van der Waals surface area contributed by atoms with E-state index in [0.29, 0.717) is 48.7 Å². The van der Waals surface area contributed by atoms with Crippen LogP contribution in [-0.2, 0) is 9.53 Å². The second-order valence-electron chi connectivity index (χ2n) is 12.3. The van der Waals surface area contributed by atoms with Crippen LogP contribution in [0.25, 0.3) is 32.4 Å². The van der Waals surface area contributed by atoms with Gasteiger partial charge in [-0.05, 0) is 69.7 Å². The summed E-state index contributed by atoms with van der Waals surface area (Å²) in [5.41, 5.74) is 0.971. The highest BCUT2D eigenvalue weighted by molar-refractivity contribution is 7.22. The second kappa shape index (κ2) is 14.8. The first-order valence-electron chi connectivity index (χ1n) is 15.7. The number of nitrogens with zero attached hydrogens (tertiary/aromatic N) is 5. The molecule has 5 aromatic rings. The minimum atomic E-state index is -0.587. The Hall–Kier alpha value is -4.78. The molecule has 0 aliphatic rings. The summed E-state index contributed by atoms with van der Waals surface area (Å²) in [6.07, 6.45) is 3.58. The van der Waals surface area contributed by atoms with Crippen LogP contribution in [0.4, 0.5) is 15.7 Å². The summed E-state index contributed by atoms with van der Waals surface area (Å²) in [5, 5.41) is 12.9. The van der Waals surface area contributed by atoms with Gasteiger partial charge in [-0.3, -0.25) is 4.79 Å². The van der Waals surface area contributed by atoms with Crippen molar-refractivity contribution in [2.45, 2.75) is 71.9 Å². The lowest BCUT2D eigenvalue weighted by molar-refractivity contribution is -0.116. The SMILES string of the molecule is CCCOc1cccc2nc(NC(=O)C[C@H](CCCN(C)C(=O)OC(C)(C)C)Nc3nccc4ccc(-c5noc(C)n5)cc34)sc12. The molecule has 0 saturated carbocycles. The molecule has 0 unspecified atom stereocenters. The zero-order valence-electron chi connectivity index (χ0n) is 27.6. The van der Waals surface area contributed by atoms with Gasteiger partial charge in [0.25, 0.3) is 0 Å². The lowest BCUT2D eigenvalue weighted by Crippen LogP contribution is -2.35. The summed E-state index contributed by atoms with van der Waals surface area (Å²) >= 11 is 1.39. The van der Waals surface area contributed by atoms with Crippen LogP contribution in [0.3, 0.4) is 0 Å². The third kappa shape index (κ3) is 8.94. The number of rotatable bonds is 13. The lowest BCUT2D eigenvalue weighted by Gasteiger charge is -2.25. The standard InChI is InChI=1S/C34H41N7O5S/c1-7-18-44-27-12-8-11-26-29(27)47-32(38-26)39-28(42)20-24(10-9-17-41(6)33(43)45-34(3,4)5)37-31-25-19-23(30-36-21(2)46-40-30)14-13-22(25)15-16-35-31/h8,11-16,19,24H,7,9-10,17-18,20H2,1-6H3,(H,35,37)(H,38,39,42)/t24-/m0/s1. The molecule has 0 aliphatic carbocycles. The number of pyridine rings is 1. The van der Waals surface area contributed by atoms with E-state index in [-0.39, 0.29) is 18.4 Å². The second-order valence-corrected chi connectivity index (χ2v) is 13.3. The van der Waals surface area contributed by atoms with E-state index in [1.807, 2.05) is 63.2 Å². The molecule has 47 heavy (non-hydrogen) atoms. The number of nitrogens with one attached hydrogen (secondary N) is 2. The predicted octanol–water partition coefficient (Wildman–Crippen LogP) is 7.45. The van der Waals surface area contributed by atoms with Crippen LogP contribution in [0.15, 0.2) is 53.2 Å². The largest absolute Gasteiger partial charge is 0.492 e. The van der Waals surface area contributed by atoms with E-state index in [9.17, 15) is 9.59 Å². The van der Waals surface area contributed by atoms with Crippen LogP contribution in [0.1, 0.15) is 59.3 Å². The maximum atomic E-state index is 13.5. The molecule has 248 valence electrons. The first kappa shape index (κ1) is 33.6. The van der Waals surface area contributed by atoms with Gasteiger partial charge in [-0.2, -0.15) is 4.98 Å². The van der Waals surface area contributed by atoms with Crippen molar-refractivity contribution in [1.82, 2.24) is 25.0 Å². The predicted molar refractivity (Wildman–Crippen MR) is 184 cm³/mol. The number of carbonyl (C=O) groups excluding carboxylic acids is 2.